The van der Waals surface area contributed by atoms with Crippen molar-refractivity contribution in [2.24, 2.45) is 5.92 Å². The summed E-state index contributed by atoms with van der Waals surface area (Å²) in [6.45, 7) is 1.08. The molecule has 1 aliphatic rings. The summed E-state index contributed by atoms with van der Waals surface area (Å²) in [5.74, 6) is 3.14. The molecule has 18 heavy (non-hydrogen) atoms. The van der Waals surface area contributed by atoms with Crippen LogP contribution in [-0.4, -0.2) is 24.0 Å². The Hall–Kier alpha value is -1.66. The monoisotopic (exact) mass is 262 g/mol. The van der Waals surface area contributed by atoms with Crippen molar-refractivity contribution in [3.05, 3.63) is 29.3 Å². The molecule has 2 amide bonds. The van der Waals surface area contributed by atoms with Gasteiger partial charge in [0, 0.05) is 17.3 Å². The molecule has 4 heteroatoms. The molecular formula is C14H15ClN2O. The molecule has 1 saturated carbocycles. The lowest BCUT2D eigenvalue weighted by atomic mass is 10.3. The smallest absolute Gasteiger partial charge is 0.313 e. The molecular weight excluding hydrogens is 248 g/mol. The molecule has 0 saturated heterocycles. The Balaban J connectivity index is 1.95. The molecule has 1 aromatic carbocycles. The van der Waals surface area contributed by atoms with Gasteiger partial charge in [-0.1, -0.05) is 17.5 Å². The lowest BCUT2D eigenvalue weighted by Gasteiger charge is -2.20. The van der Waals surface area contributed by atoms with Gasteiger partial charge in [0.2, 0.25) is 0 Å². The number of hydrogen-bond donors (Lipinski definition) is 1. The number of carbonyl (C=O) groups excluding carboxylic acids is 1. The van der Waals surface area contributed by atoms with Gasteiger partial charge in [0.15, 0.2) is 0 Å². The maximum atomic E-state index is 12.0. The van der Waals surface area contributed by atoms with Crippen LogP contribution in [0.5, 0.6) is 0 Å². The summed E-state index contributed by atoms with van der Waals surface area (Å²) < 4.78 is 0. The second kappa shape index (κ2) is 5.79. The Morgan fingerprint density at radius 3 is 2.67 bits per heavy atom. The van der Waals surface area contributed by atoms with Crippen LogP contribution in [0.1, 0.15) is 12.8 Å². The van der Waals surface area contributed by atoms with Crippen molar-refractivity contribution in [3.63, 3.8) is 0 Å². The maximum Gasteiger partial charge on any atom is 0.322 e. The minimum Gasteiger partial charge on any atom is -0.313 e. The Morgan fingerprint density at radius 2 is 2.11 bits per heavy atom. The highest BCUT2D eigenvalue weighted by Gasteiger charge is 2.26. The molecule has 0 unspecified atom stereocenters. The van der Waals surface area contributed by atoms with Gasteiger partial charge in [-0.15, -0.1) is 6.42 Å². The summed E-state index contributed by atoms with van der Waals surface area (Å²) >= 11 is 5.79. The topological polar surface area (TPSA) is 32.3 Å². The summed E-state index contributed by atoms with van der Waals surface area (Å²) in [7, 11) is 0. The number of terminal acetylenes is 1. The fourth-order valence-corrected chi connectivity index (χ4v) is 1.80. The molecule has 0 aliphatic heterocycles. The van der Waals surface area contributed by atoms with Crippen LogP contribution < -0.4 is 5.32 Å². The highest BCUT2D eigenvalue weighted by Crippen LogP contribution is 2.29. The number of rotatable bonds is 4. The third-order valence-electron chi connectivity index (χ3n) is 2.84. The summed E-state index contributed by atoms with van der Waals surface area (Å²) in [5.41, 5.74) is 0.724. The minimum atomic E-state index is -0.151. The highest BCUT2D eigenvalue weighted by molar-refractivity contribution is 6.30. The van der Waals surface area contributed by atoms with Gasteiger partial charge in [0.25, 0.3) is 0 Å². The first-order chi connectivity index (χ1) is 8.69. The van der Waals surface area contributed by atoms with Crippen LogP contribution in [0.4, 0.5) is 10.5 Å². The molecule has 0 atom stereocenters. The van der Waals surface area contributed by atoms with Crippen molar-refractivity contribution in [1.29, 1.82) is 0 Å². The van der Waals surface area contributed by atoms with Crippen molar-refractivity contribution in [2.75, 3.05) is 18.4 Å². The third-order valence-corrected chi connectivity index (χ3v) is 3.09. The maximum absolute atomic E-state index is 12.0. The number of benzene rings is 1. The number of urea groups is 1. The molecule has 0 aromatic heterocycles. The SMILES string of the molecule is C#CCN(CC1CC1)C(=O)Nc1ccc(Cl)cc1. The average Bonchev–Trinajstić information content (AvgIpc) is 3.15. The van der Waals surface area contributed by atoms with E-state index >= 15 is 0 Å². The zero-order valence-corrected chi connectivity index (χ0v) is 10.8. The highest BCUT2D eigenvalue weighted by atomic mass is 35.5. The van der Waals surface area contributed by atoms with Crippen LogP contribution in [0.25, 0.3) is 0 Å². The number of amides is 2. The Morgan fingerprint density at radius 1 is 1.44 bits per heavy atom. The van der Waals surface area contributed by atoms with Gasteiger partial charge in [0.05, 0.1) is 6.54 Å². The van der Waals surface area contributed by atoms with E-state index in [0.717, 1.165) is 12.2 Å². The number of anilines is 1. The van der Waals surface area contributed by atoms with E-state index in [9.17, 15) is 4.79 Å². The van der Waals surface area contributed by atoms with Crippen LogP contribution in [0.3, 0.4) is 0 Å². The standard InChI is InChI=1S/C14H15ClN2O/c1-2-9-17(10-11-3-4-11)14(18)16-13-7-5-12(15)6-8-13/h1,5-8,11H,3-4,9-10H2,(H,16,18). The lowest BCUT2D eigenvalue weighted by molar-refractivity contribution is 0.216. The quantitative estimate of drug-likeness (QED) is 0.831. The molecule has 0 bridgehead atoms. The zero-order valence-electron chi connectivity index (χ0n) is 10.0. The van der Waals surface area contributed by atoms with Gasteiger partial charge in [-0.05, 0) is 43.0 Å². The van der Waals surface area contributed by atoms with Crippen molar-refractivity contribution in [1.82, 2.24) is 4.90 Å². The molecule has 2 rings (SSSR count). The Labute approximate surface area is 112 Å². The van der Waals surface area contributed by atoms with Gasteiger partial charge in [0.1, 0.15) is 0 Å². The van der Waals surface area contributed by atoms with Crippen LogP contribution >= 0.6 is 11.6 Å². The van der Waals surface area contributed by atoms with Gasteiger partial charge in [-0.2, -0.15) is 0 Å². The number of halogens is 1. The molecule has 3 nitrogen and oxygen atoms in total. The van der Waals surface area contributed by atoms with E-state index in [1.807, 2.05) is 0 Å². The molecule has 1 aliphatic carbocycles. The van der Waals surface area contributed by atoms with Crippen molar-refractivity contribution >= 4 is 23.3 Å². The predicted molar refractivity (Wildman–Crippen MR) is 73.6 cm³/mol. The lowest BCUT2D eigenvalue weighted by Crippen LogP contribution is -2.36. The molecule has 1 fully saturated rings. The molecule has 1 aromatic rings. The largest absolute Gasteiger partial charge is 0.322 e. The molecule has 1 N–H and O–H groups in total. The van der Waals surface area contributed by atoms with Crippen LogP contribution in [0, 0.1) is 18.3 Å². The van der Waals surface area contributed by atoms with Gasteiger partial charge < -0.3 is 10.2 Å². The number of nitrogens with one attached hydrogen (secondary N) is 1. The molecule has 94 valence electrons. The van der Waals surface area contributed by atoms with E-state index in [4.69, 9.17) is 18.0 Å². The van der Waals surface area contributed by atoms with E-state index < -0.39 is 0 Å². The summed E-state index contributed by atoms with van der Waals surface area (Å²) in [6, 6.07) is 6.87. The van der Waals surface area contributed by atoms with Crippen molar-refractivity contribution in [2.45, 2.75) is 12.8 Å². The second-order valence-electron chi connectivity index (χ2n) is 4.47. The zero-order chi connectivity index (χ0) is 13.0. The number of hydrogen-bond acceptors (Lipinski definition) is 1. The average molecular weight is 263 g/mol. The summed E-state index contributed by atoms with van der Waals surface area (Å²) in [4.78, 5) is 13.7. The Kier molecular flexibility index (Phi) is 4.11. The van der Waals surface area contributed by atoms with Gasteiger partial charge in [-0.3, -0.25) is 0 Å². The first kappa shape index (κ1) is 12.8. The predicted octanol–water partition coefficient (Wildman–Crippen LogP) is 3.22. The minimum absolute atomic E-state index is 0.151. The third kappa shape index (κ3) is 3.68. The summed E-state index contributed by atoms with van der Waals surface area (Å²) in [6.07, 6.45) is 7.67. The summed E-state index contributed by atoms with van der Waals surface area (Å²) in [5, 5.41) is 3.46. The molecule has 0 heterocycles. The first-order valence-electron chi connectivity index (χ1n) is 5.94. The molecule has 0 radical (unpaired) electrons. The van der Waals surface area contributed by atoms with E-state index in [2.05, 4.69) is 11.2 Å². The van der Waals surface area contributed by atoms with Crippen molar-refractivity contribution in [3.8, 4) is 12.3 Å². The van der Waals surface area contributed by atoms with E-state index in [1.165, 1.54) is 12.8 Å². The molecule has 0 spiro atoms. The van der Waals surface area contributed by atoms with Crippen LogP contribution in [-0.2, 0) is 0 Å². The van der Waals surface area contributed by atoms with Crippen LogP contribution in [0.2, 0.25) is 5.02 Å². The second-order valence-corrected chi connectivity index (χ2v) is 4.90. The fraction of sp³-hybridized carbons (Fsp3) is 0.357. The van der Waals surface area contributed by atoms with Crippen molar-refractivity contribution < 1.29 is 4.79 Å². The number of nitrogens with zero attached hydrogens (tertiary/aromatic N) is 1. The van der Waals surface area contributed by atoms with Gasteiger partial charge in [-0.25, -0.2) is 4.79 Å². The van der Waals surface area contributed by atoms with Crippen LogP contribution in [0.15, 0.2) is 24.3 Å². The van der Waals surface area contributed by atoms with E-state index in [0.29, 0.717) is 17.5 Å². The normalized spacial score (nSPS) is 13.8. The fourth-order valence-electron chi connectivity index (χ4n) is 1.68. The Bertz CT molecular complexity index is 460. The van der Waals surface area contributed by atoms with E-state index in [-0.39, 0.29) is 6.03 Å². The van der Waals surface area contributed by atoms with E-state index in [1.54, 1.807) is 29.2 Å². The first-order valence-corrected chi connectivity index (χ1v) is 6.32. The number of carbonyl (C=O) groups is 1. The van der Waals surface area contributed by atoms with Gasteiger partial charge >= 0.3 is 6.03 Å².